The van der Waals surface area contributed by atoms with Crippen LogP contribution < -0.4 is 5.32 Å². The number of urea groups is 1. The standard InChI is InChI=1S/C19H21FN2O2/c1-13-3-2-4-16(11-13)21-19(24)22(17-9-10-17)12-18(23)14-5-7-15(20)8-6-14/h2-8,11,17-18,23H,9-10,12H2,1H3,(H,21,24). The number of nitrogens with zero attached hydrogens (tertiary/aromatic N) is 1. The largest absolute Gasteiger partial charge is 0.387 e. The van der Waals surface area contributed by atoms with E-state index in [0.717, 1.165) is 24.1 Å². The summed E-state index contributed by atoms with van der Waals surface area (Å²) in [5.41, 5.74) is 2.41. The first-order chi connectivity index (χ1) is 11.5. The molecule has 4 nitrogen and oxygen atoms in total. The summed E-state index contributed by atoms with van der Waals surface area (Å²) in [6, 6.07) is 13.2. The van der Waals surface area contributed by atoms with Crippen molar-refractivity contribution in [3.63, 3.8) is 0 Å². The van der Waals surface area contributed by atoms with Crippen molar-refractivity contribution < 1.29 is 14.3 Å². The van der Waals surface area contributed by atoms with Crippen LogP contribution in [-0.2, 0) is 0 Å². The molecule has 1 unspecified atom stereocenters. The van der Waals surface area contributed by atoms with Crippen LogP contribution in [-0.4, -0.2) is 28.6 Å². The molecule has 0 heterocycles. The van der Waals surface area contributed by atoms with Gasteiger partial charge in [-0.15, -0.1) is 0 Å². The average molecular weight is 328 g/mol. The number of aliphatic hydroxyl groups is 1. The fourth-order valence-electron chi connectivity index (χ4n) is 2.68. The van der Waals surface area contributed by atoms with Gasteiger partial charge in [-0.1, -0.05) is 24.3 Å². The van der Waals surface area contributed by atoms with E-state index in [0.29, 0.717) is 5.56 Å². The summed E-state index contributed by atoms with van der Waals surface area (Å²) in [4.78, 5) is 14.2. The van der Waals surface area contributed by atoms with Crippen molar-refractivity contribution in [2.75, 3.05) is 11.9 Å². The zero-order valence-electron chi connectivity index (χ0n) is 13.6. The normalized spacial score (nSPS) is 15.0. The first-order valence-corrected chi connectivity index (χ1v) is 8.11. The lowest BCUT2D eigenvalue weighted by Gasteiger charge is -2.26. The third kappa shape index (κ3) is 4.11. The fourth-order valence-corrected chi connectivity index (χ4v) is 2.68. The second-order valence-corrected chi connectivity index (χ2v) is 6.25. The Morgan fingerprint density at radius 2 is 2.00 bits per heavy atom. The van der Waals surface area contributed by atoms with Crippen molar-refractivity contribution in [1.29, 1.82) is 0 Å². The van der Waals surface area contributed by atoms with Crippen molar-refractivity contribution >= 4 is 11.7 Å². The zero-order chi connectivity index (χ0) is 17.1. The number of halogens is 1. The fraction of sp³-hybridized carbons (Fsp3) is 0.316. The third-order valence-corrected chi connectivity index (χ3v) is 4.14. The number of amides is 2. The van der Waals surface area contributed by atoms with E-state index in [1.54, 1.807) is 17.0 Å². The minimum absolute atomic E-state index is 0.157. The summed E-state index contributed by atoms with van der Waals surface area (Å²) in [6.07, 6.45) is 1.05. The third-order valence-electron chi connectivity index (χ3n) is 4.14. The number of carbonyl (C=O) groups excluding carboxylic acids is 1. The van der Waals surface area contributed by atoms with Crippen LogP contribution in [0.1, 0.15) is 30.1 Å². The molecule has 1 aliphatic carbocycles. The van der Waals surface area contributed by atoms with Gasteiger partial charge in [0.05, 0.1) is 12.6 Å². The highest BCUT2D eigenvalue weighted by Crippen LogP contribution is 2.29. The van der Waals surface area contributed by atoms with E-state index in [4.69, 9.17) is 0 Å². The molecule has 2 amide bonds. The van der Waals surface area contributed by atoms with Crippen LogP contribution in [0.5, 0.6) is 0 Å². The molecule has 24 heavy (non-hydrogen) atoms. The Hall–Kier alpha value is -2.40. The highest BCUT2D eigenvalue weighted by molar-refractivity contribution is 5.89. The predicted molar refractivity (Wildman–Crippen MR) is 91.3 cm³/mol. The van der Waals surface area contributed by atoms with Crippen LogP contribution in [0.3, 0.4) is 0 Å². The zero-order valence-corrected chi connectivity index (χ0v) is 13.6. The van der Waals surface area contributed by atoms with Gasteiger partial charge in [-0.25, -0.2) is 9.18 Å². The Bertz CT molecular complexity index is 714. The number of nitrogens with one attached hydrogen (secondary N) is 1. The Morgan fingerprint density at radius 3 is 2.62 bits per heavy atom. The Kier molecular flexibility index (Phi) is 4.81. The highest BCUT2D eigenvalue weighted by atomic mass is 19.1. The summed E-state index contributed by atoms with van der Waals surface area (Å²) >= 11 is 0. The SMILES string of the molecule is Cc1cccc(NC(=O)N(CC(O)c2ccc(F)cc2)C2CC2)c1. The van der Waals surface area contributed by atoms with Crippen LogP contribution in [0.25, 0.3) is 0 Å². The Morgan fingerprint density at radius 1 is 1.29 bits per heavy atom. The second-order valence-electron chi connectivity index (χ2n) is 6.25. The van der Waals surface area contributed by atoms with Gasteiger partial charge in [0.1, 0.15) is 5.82 Å². The molecule has 2 N–H and O–H groups in total. The predicted octanol–water partition coefficient (Wildman–Crippen LogP) is 3.86. The molecule has 5 heteroatoms. The van der Waals surface area contributed by atoms with Crippen molar-refractivity contribution in [2.45, 2.75) is 31.9 Å². The van der Waals surface area contributed by atoms with Crippen molar-refractivity contribution in [3.05, 3.63) is 65.5 Å². The molecule has 126 valence electrons. The minimum atomic E-state index is -0.838. The second kappa shape index (κ2) is 7.01. The molecule has 0 spiro atoms. The molecular formula is C19H21FN2O2. The topological polar surface area (TPSA) is 52.6 Å². The van der Waals surface area contributed by atoms with Gasteiger partial charge in [0.25, 0.3) is 0 Å². The quantitative estimate of drug-likeness (QED) is 0.875. The summed E-state index contributed by atoms with van der Waals surface area (Å²) in [7, 11) is 0. The van der Waals surface area contributed by atoms with Gasteiger partial charge in [-0.2, -0.15) is 0 Å². The molecule has 3 rings (SSSR count). The van der Waals surface area contributed by atoms with E-state index in [-0.39, 0.29) is 24.4 Å². The van der Waals surface area contributed by atoms with Crippen molar-refractivity contribution in [2.24, 2.45) is 0 Å². The van der Waals surface area contributed by atoms with Gasteiger partial charge < -0.3 is 15.3 Å². The first kappa shape index (κ1) is 16.5. The molecule has 1 atom stereocenters. The van der Waals surface area contributed by atoms with Gasteiger partial charge in [0.15, 0.2) is 0 Å². The summed E-state index contributed by atoms with van der Waals surface area (Å²) < 4.78 is 13.0. The molecule has 0 bridgehead atoms. The summed E-state index contributed by atoms with van der Waals surface area (Å²) in [5.74, 6) is -0.345. The number of carbonyl (C=O) groups is 1. The number of aliphatic hydroxyl groups excluding tert-OH is 1. The number of hydrogen-bond donors (Lipinski definition) is 2. The molecule has 0 aromatic heterocycles. The molecule has 2 aromatic rings. The molecule has 2 aromatic carbocycles. The van der Waals surface area contributed by atoms with E-state index < -0.39 is 6.10 Å². The summed E-state index contributed by atoms with van der Waals surface area (Å²) in [5, 5.41) is 13.3. The molecule has 1 fully saturated rings. The first-order valence-electron chi connectivity index (χ1n) is 8.11. The number of benzene rings is 2. The Balaban J connectivity index is 1.68. The van der Waals surface area contributed by atoms with Crippen LogP contribution in [0.4, 0.5) is 14.9 Å². The van der Waals surface area contributed by atoms with Crippen molar-refractivity contribution in [1.82, 2.24) is 4.90 Å². The van der Waals surface area contributed by atoms with Crippen molar-refractivity contribution in [3.8, 4) is 0 Å². The maximum absolute atomic E-state index is 13.0. The maximum atomic E-state index is 13.0. The minimum Gasteiger partial charge on any atom is -0.387 e. The highest BCUT2D eigenvalue weighted by Gasteiger charge is 2.34. The van der Waals surface area contributed by atoms with E-state index in [1.165, 1.54) is 12.1 Å². The maximum Gasteiger partial charge on any atom is 0.322 e. The van der Waals surface area contributed by atoms with Crippen LogP contribution in [0, 0.1) is 12.7 Å². The number of anilines is 1. The molecule has 0 saturated heterocycles. The van der Waals surface area contributed by atoms with Crippen LogP contribution in [0.15, 0.2) is 48.5 Å². The van der Waals surface area contributed by atoms with Gasteiger partial charge in [-0.05, 0) is 55.2 Å². The lowest BCUT2D eigenvalue weighted by atomic mass is 10.1. The molecule has 0 radical (unpaired) electrons. The van der Waals surface area contributed by atoms with Gasteiger partial charge >= 0.3 is 6.03 Å². The summed E-state index contributed by atoms with van der Waals surface area (Å²) in [6.45, 7) is 2.15. The van der Waals surface area contributed by atoms with E-state index in [9.17, 15) is 14.3 Å². The monoisotopic (exact) mass is 328 g/mol. The lowest BCUT2D eigenvalue weighted by Crippen LogP contribution is -2.39. The van der Waals surface area contributed by atoms with Gasteiger partial charge in [-0.3, -0.25) is 0 Å². The number of hydrogen-bond acceptors (Lipinski definition) is 2. The van der Waals surface area contributed by atoms with E-state index in [2.05, 4.69) is 5.32 Å². The van der Waals surface area contributed by atoms with E-state index in [1.807, 2.05) is 31.2 Å². The Labute approximate surface area is 140 Å². The van der Waals surface area contributed by atoms with Gasteiger partial charge in [0, 0.05) is 11.7 Å². The number of rotatable bonds is 5. The lowest BCUT2D eigenvalue weighted by molar-refractivity contribution is 0.123. The molecular weight excluding hydrogens is 307 g/mol. The average Bonchev–Trinajstić information content (AvgIpc) is 3.37. The van der Waals surface area contributed by atoms with Gasteiger partial charge in [0.2, 0.25) is 0 Å². The van der Waals surface area contributed by atoms with Crippen LogP contribution in [0.2, 0.25) is 0 Å². The van der Waals surface area contributed by atoms with E-state index >= 15 is 0 Å². The molecule has 1 saturated carbocycles. The smallest absolute Gasteiger partial charge is 0.322 e. The number of aryl methyl sites for hydroxylation is 1. The van der Waals surface area contributed by atoms with Crippen LogP contribution >= 0.6 is 0 Å². The molecule has 1 aliphatic rings. The molecule has 0 aliphatic heterocycles.